The lowest BCUT2D eigenvalue weighted by Crippen LogP contribution is -2.46. The van der Waals surface area contributed by atoms with Crippen molar-refractivity contribution in [1.82, 2.24) is 0 Å². The van der Waals surface area contributed by atoms with Gasteiger partial charge in [0.15, 0.2) is 0 Å². The van der Waals surface area contributed by atoms with E-state index in [1.54, 1.807) is 6.07 Å². The second-order valence-electron chi connectivity index (χ2n) is 5.58. The molecule has 0 atom stereocenters. The van der Waals surface area contributed by atoms with Crippen LogP contribution in [0.3, 0.4) is 0 Å². The molecule has 0 saturated carbocycles. The molecule has 1 saturated heterocycles. The highest BCUT2D eigenvalue weighted by molar-refractivity contribution is 7.89. The fraction of sp³-hybridized carbons (Fsp3) is 0.250. The largest absolute Gasteiger partial charge is 0.397 e. The normalized spacial score (nSPS) is 15.0. The Kier molecular flexibility index (Phi) is 5.58. The van der Waals surface area contributed by atoms with Crippen LogP contribution in [-0.4, -0.2) is 34.6 Å². The fourth-order valence-corrected chi connectivity index (χ4v) is 3.39. The highest BCUT2D eigenvalue weighted by Crippen LogP contribution is 2.27. The maximum atomic E-state index is 11.4. The molecular formula is C16H21ClN4O2S. The van der Waals surface area contributed by atoms with E-state index in [1.165, 1.54) is 17.8 Å². The second kappa shape index (κ2) is 7.29. The molecule has 1 aliphatic heterocycles. The van der Waals surface area contributed by atoms with Crippen molar-refractivity contribution in [3.63, 3.8) is 0 Å². The van der Waals surface area contributed by atoms with Crippen LogP contribution in [0.1, 0.15) is 0 Å². The van der Waals surface area contributed by atoms with E-state index in [-0.39, 0.29) is 17.3 Å². The zero-order valence-electron chi connectivity index (χ0n) is 13.1. The van der Waals surface area contributed by atoms with Crippen molar-refractivity contribution < 1.29 is 8.42 Å². The van der Waals surface area contributed by atoms with E-state index in [0.717, 1.165) is 31.9 Å². The van der Waals surface area contributed by atoms with E-state index in [4.69, 9.17) is 10.9 Å². The molecule has 1 heterocycles. The van der Waals surface area contributed by atoms with E-state index in [1.807, 2.05) is 18.2 Å². The number of piperazine rings is 1. The lowest BCUT2D eigenvalue weighted by atomic mass is 10.2. The zero-order valence-corrected chi connectivity index (χ0v) is 14.8. The van der Waals surface area contributed by atoms with Crippen molar-refractivity contribution in [3.05, 3.63) is 48.5 Å². The van der Waals surface area contributed by atoms with Gasteiger partial charge in [-0.1, -0.05) is 18.2 Å². The number of primary sulfonamides is 1. The first-order valence-corrected chi connectivity index (χ1v) is 8.97. The number of nitrogens with zero attached hydrogens (tertiary/aromatic N) is 2. The number of nitrogens with two attached hydrogens (primary N) is 2. The van der Waals surface area contributed by atoms with Crippen molar-refractivity contribution >= 4 is 39.5 Å². The molecule has 0 unspecified atom stereocenters. The summed E-state index contributed by atoms with van der Waals surface area (Å²) in [6, 6.07) is 14.9. The maximum absolute atomic E-state index is 11.4. The first kappa shape index (κ1) is 18.4. The van der Waals surface area contributed by atoms with Crippen LogP contribution in [0.4, 0.5) is 17.1 Å². The predicted octanol–water partition coefficient (Wildman–Crippen LogP) is 1.66. The lowest BCUT2D eigenvalue weighted by Gasteiger charge is -2.37. The lowest BCUT2D eigenvalue weighted by molar-refractivity contribution is 0.598. The van der Waals surface area contributed by atoms with Crippen molar-refractivity contribution in [1.29, 1.82) is 0 Å². The van der Waals surface area contributed by atoms with Crippen LogP contribution >= 0.6 is 12.4 Å². The van der Waals surface area contributed by atoms with Crippen molar-refractivity contribution in [2.75, 3.05) is 41.7 Å². The highest BCUT2D eigenvalue weighted by Gasteiger charge is 2.20. The molecular weight excluding hydrogens is 348 g/mol. The molecule has 2 aromatic rings. The SMILES string of the molecule is Cl.Nc1cc(S(N)(=O)=O)ccc1N1CCN(c2ccccc2)CC1. The molecule has 130 valence electrons. The predicted molar refractivity (Wildman–Crippen MR) is 100 cm³/mol. The molecule has 8 heteroatoms. The molecule has 0 aliphatic carbocycles. The first-order chi connectivity index (χ1) is 10.9. The van der Waals surface area contributed by atoms with Gasteiger partial charge < -0.3 is 15.5 Å². The Morgan fingerprint density at radius 3 is 2.00 bits per heavy atom. The van der Waals surface area contributed by atoms with Crippen LogP contribution in [0.2, 0.25) is 0 Å². The van der Waals surface area contributed by atoms with E-state index in [9.17, 15) is 8.42 Å². The van der Waals surface area contributed by atoms with Crippen molar-refractivity contribution in [3.8, 4) is 0 Å². The van der Waals surface area contributed by atoms with Crippen LogP contribution in [0, 0.1) is 0 Å². The topological polar surface area (TPSA) is 92.7 Å². The summed E-state index contributed by atoms with van der Waals surface area (Å²) in [6.07, 6.45) is 0. The van der Waals surface area contributed by atoms with Gasteiger partial charge in [-0.3, -0.25) is 0 Å². The molecule has 0 bridgehead atoms. The van der Waals surface area contributed by atoms with Gasteiger partial charge in [0.1, 0.15) is 0 Å². The third kappa shape index (κ3) is 3.92. The number of rotatable bonds is 3. The summed E-state index contributed by atoms with van der Waals surface area (Å²) < 4.78 is 22.7. The third-order valence-electron chi connectivity index (χ3n) is 4.07. The Labute approximate surface area is 148 Å². The number of benzene rings is 2. The first-order valence-electron chi connectivity index (χ1n) is 7.42. The minimum Gasteiger partial charge on any atom is -0.397 e. The van der Waals surface area contributed by atoms with E-state index < -0.39 is 10.0 Å². The summed E-state index contributed by atoms with van der Waals surface area (Å²) in [4.78, 5) is 4.54. The summed E-state index contributed by atoms with van der Waals surface area (Å²) in [5, 5.41) is 5.13. The summed E-state index contributed by atoms with van der Waals surface area (Å²) in [7, 11) is -3.72. The molecule has 0 radical (unpaired) electrons. The molecule has 1 fully saturated rings. The average Bonchev–Trinajstić information content (AvgIpc) is 2.55. The van der Waals surface area contributed by atoms with Gasteiger partial charge in [-0.25, -0.2) is 13.6 Å². The molecule has 24 heavy (non-hydrogen) atoms. The third-order valence-corrected chi connectivity index (χ3v) is 4.98. The van der Waals surface area contributed by atoms with Gasteiger partial charge in [0.05, 0.1) is 16.3 Å². The van der Waals surface area contributed by atoms with Crippen LogP contribution in [0.25, 0.3) is 0 Å². The number of nitrogen functional groups attached to an aromatic ring is 1. The Hall–Kier alpha value is -1.96. The van der Waals surface area contributed by atoms with E-state index in [0.29, 0.717) is 5.69 Å². The number of sulfonamides is 1. The monoisotopic (exact) mass is 368 g/mol. The van der Waals surface area contributed by atoms with Gasteiger partial charge in [-0.2, -0.15) is 0 Å². The second-order valence-corrected chi connectivity index (χ2v) is 7.14. The quantitative estimate of drug-likeness (QED) is 0.804. The Balaban J connectivity index is 0.00000208. The van der Waals surface area contributed by atoms with Crippen LogP contribution in [0.15, 0.2) is 53.4 Å². The summed E-state index contributed by atoms with van der Waals surface area (Å²) in [5.74, 6) is 0. The Morgan fingerprint density at radius 1 is 0.875 bits per heavy atom. The number of anilines is 3. The molecule has 3 rings (SSSR count). The minimum atomic E-state index is -3.72. The molecule has 2 aromatic carbocycles. The number of hydrogen-bond donors (Lipinski definition) is 2. The van der Waals surface area contributed by atoms with Gasteiger partial charge in [0, 0.05) is 31.9 Å². The highest BCUT2D eigenvalue weighted by atomic mass is 35.5. The standard InChI is InChI=1S/C16H20N4O2S.ClH/c17-15-12-14(23(18,21)22)6-7-16(15)20-10-8-19(9-11-20)13-4-2-1-3-5-13;/h1-7,12H,8-11,17H2,(H2,18,21,22);1H. The Bertz CT molecular complexity index is 791. The van der Waals surface area contributed by atoms with Crippen molar-refractivity contribution in [2.24, 2.45) is 5.14 Å². The number of hydrogen-bond acceptors (Lipinski definition) is 5. The van der Waals surface area contributed by atoms with Crippen molar-refractivity contribution in [2.45, 2.75) is 4.90 Å². The van der Waals surface area contributed by atoms with E-state index in [2.05, 4.69) is 21.9 Å². The molecule has 0 amide bonds. The van der Waals surface area contributed by atoms with Gasteiger partial charge >= 0.3 is 0 Å². The van der Waals surface area contributed by atoms with Crippen LogP contribution in [0.5, 0.6) is 0 Å². The number of para-hydroxylation sites is 1. The smallest absolute Gasteiger partial charge is 0.238 e. The van der Waals surface area contributed by atoms with Gasteiger partial charge in [-0.05, 0) is 30.3 Å². The maximum Gasteiger partial charge on any atom is 0.238 e. The molecule has 4 N–H and O–H groups in total. The summed E-state index contributed by atoms with van der Waals surface area (Å²) in [6.45, 7) is 3.43. The average molecular weight is 369 g/mol. The van der Waals surface area contributed by atoms with Gasteiger partial charge in [-0.15, -0.1) is 12.4 Å². The fourth-order valence-electron chi connectivity index (χ4n) is 2.84. The minimum absolute atomic E-state index is 0. The van der Waals surface area contributed by atoms with Crippen LogP contribution in [-0.2, 0) is 10.0 Å². The molecule has 0 spiro atoms. The number of halogens is 1. The van der Waals surface area contributed by atoms with Gasteiger partial charge in [0.2, 0.25) is 10.0 Å². The molecule has 1 aliphatic rings. The molecule has 0 aromatic heterocycles. The van der Waals surface area contributed by atoms with Crippen LogP contribution < -0.4 is 20.7 Å². The Morgan fingerprint density at radius 2 is 1.46 bits per heavy atom. The van der Waals surface area contributed by atoms with E-state index >= 15 is 0 Å². The summed E-state index contributed by atoms with van der Waals surface area (Å²) in [5.41, 5.74) is 8.52. The zero-order chi connectivity index (χ0) is 16.4. The molecule has 6 nitrogen and oxygen atoms in total. The summed E-state index contributed by atoms with van der Waals surface area (Å²) >= 11 is 0. The van der Waals surface area contributed by atoms with Gasteiger partial charge in [0.25, 0.3) is 0 Å².